The van der Waals surface area contributed by atoms with Crippen molar-refractivity contribution in [2.24, 2.45) is 5.73 Å². The van der Waals surface area contributed by atoms with Crippen LogP contribution in [0.25, 0.3) is 0 Å². The Kier molecular flexibility index (Phi) is 3.33. The summed E-state index contributed by atoms with van der Waals surface area (Å²) < 4.78 is 39.6. The van der Waals surface area contributed by atoms with Gasteiger partial charge in [-0.2, -0.15) is 13.2 Å². The van der Waals surface area contributed by atoms with Crippen molar-refractivity contribution in [1.82, 2.24) is 4.98 Å². The Morgan fingerprint density at radius 3 is 2.71 bits per heavy atom. The number of ether oxygens (including phenoxy) is 1. The molecule has 0 bridgehead atoms. The topological polar surface area (TPSA) is 48.1 Å². The zero-order valence-corrected chi connectivity index (χ0v) is 8.15. The standard InChI is InChI=1S/C7H9F3N2OS/c1-4(11)5-2-12-6(14-5)13-3-7(8,9)10/h2,4H,3,11H2,1H3/t4-/m0/s1. The smallest absolute Gasteiger partial charge is 0.422 e. The van der Waals surface area contributed by atoms with Crippen molar-refractivity contribution < 1.29 is 17.9 Å². The van der Waals surface area contributed by atoms with Gasteiger partial charge in [-0.1, -0.05) is 11.3 Å². The molecule has 0 amide bonds. The van der Waals surface area contributed by atoms with Gasteiger partial charge in [0, 0.05) is 17.1 Å². The third-order valence-electron chi connectivity index (χ3n) is 1.31. The molecule has 1 aromatic rings. The highest BCUT2D eigenvalue weighted by molar-refractivity contribution is 7.13. The number of nitrogens with two attached hydrogens (primary N) is 1. The van der Waals surface area contributed by atoms with Crippen LogP contribution in [0.15, 0.2) is 6.20 Å². The fraction of sp³-hybridized carbons (Fsp3) is 0.571. The van der Waals surface area contributed by atoms with E-state index in [1.807, 2.05) is 0 Å². The number of hydrogen-bond donors (Lipinski definition) is 1. The lowest BCUT2D eigenvalue weighted by atomic mass is 10.3. The van der Waals surface area contributed by atoms with Gasteiger partial charge in [0.2, 0.25) is 0 Å². The van der Waals surface area contributed by atoms with E-state index in [2.05, 4.69) is 9.72 Å². The maximum atomic E-state index is 11.7. The van der Waals surface area contributed by atoms with E-state index < -0.39 is 12.8 Å². The van der Waals surface area contributed by atoms with E-state index in [0.717, 1.165) is 11.3 Å². The molecule has 0 aliphatic heterocycles. The Balaban J connectivity index is 2.52. The number of alkyl halides is 3. The van der Waals surface area contributed by atoms with Gasteiger partial charge < -0.3 is 10.5 Å². The van der Waals surface area contributed by atoms with E-state index >= 15 is 0 Å². The number of hydrogen-bond acceptors (Lipinski definition) is 4. The van der Waals surface area contributed by atoms with Gasteiger partial charge in [-0.3, -0.25) is 0 Å². The molecule has 0 aromatic carbocycles. The Hall–Kier alpha value is -0.820. The SMILES string of the molecule is C[C@H](N)c1cnc(OCC(F)(F)F)s1. The Labute approximate surface area is 82.7 Å². The molecule has 0 radical (unpaired) electrons. The highest BCUT2D eigenvalue weighted by Gasteiger charge is 2.29. The fourth-order valence-corrected chi connectivity index (χ4v) is 1.41. The largest absolute Gasteiger partial charge is 0.460 e. The molecular formula is C7H9F3N2OS. The highest BCUT2D eigenvalue weighted by atomic mass is 32.1. The van der Waals surface area contributed by atoms with Crippen LogP contribution in [0.1, 0.15) is 17.8 Å². The Morgan fingerprint density at radius 2 is 2.29 bits per heavy atom. The minimum atomic E-state index is -4.33. The van der Waals surface area contributed by atoms with Gasteiger partial charge in [0.05, 0.1) is 0 Å². The Morgan fingerprint density at radius 1 is 1.64 bits per heavy atom. The van der Waals surface area contributed by atoms with Gasteiger partial charge in [0.1, 0.15) is 0 Å². The van der Waals surface area contributed by atoms with Crippen molar-refractivity contribution >= 4 is 11.3 Å². The highest BCUT2D eigenvalue weighted by Crippen LogP contribution is 2.26. The lowest BCUT2D eigenvalue weighted by molar-refractivity contribution is -0.153. The summed E-state index contributed by atoms with van der Waals surface area (Å²) in [5.74, 6) is 0. The van der Waals surface area contributed by atoms with E-state index in [4.69, 9.17) is 5.73 Å². The number of aromatic nitrogens is 1. The van der Waals surface area contributed by atoms with E-state index in [-0.39, 0.29) is 11.2 Å². The monoisotopic (exact) mass is 226 g/mol. The first-order valence-electron chi connectivity index (χ1n) is 3.79. The summed E-state index contributed by atoms with van der Waals surface area (Å²) >= 11 is 1.02. The first kappa shape index (κ1) is 11.3. The number of halogens is 3. The van der Waals surface area contributed by atoms with Crippen LogP contribution >= 0.6 is 11.3 Å². The normalized spacial score (nSPS) is 14.1. The van der Waals surface area contributed by atoms with E-state index in [1.54, 1.807) is 6.92 Å². The molecule has 0 saturated carbocycles. The van der Waals surface area contributed by atoms with Crippen LogP contribution in [0.2, 0.25) is 0 Å². The molecule has 0 saturated heterocycles. The third kappa shape index (κ3) is 3.51. The van der Waals surface area contributed by atoms with Crippen molar-refractivity contribution in [3.63, 3.8) is 0 Å². The molecule has 1 heterocycles. The van der Waals surface area contributed by atoms with Gasteiger partial charge in [-0.25, -0.2) is 4.98 Å². The number of rotatable bonds is 3. The van der Waals surface area contributed by atoms with Crippen LogP contribution in [-0.2, 0) is 0 Å². The second kappa shape index (κ2) is 4.14. The van der Waals surface area contributed by atoms with E-state index in [9.17, 15) is 13.2 Å². The third-order valence-corrected chi connectivity index (χ3v) is 2.42. The quantitative estimate of drug-likeness (QED) is 0.858. The second-order valence-electron chi connectivity index (χ2n) is 2.72. The molecule has 2 N–H and O–H groups in total. The lowest BCUT2D eigenvalue weighted by Gasteiger charge is -2.05. The molecule has 7 heteroatoms. The average Bonchev–Trinajstić information content (AvgIpc) is 2.47. The van der Waals surface area contributed by atoms with Crippen molar-refractivity contribution in [2.75, 3.05) is 6.61 Å². The maximum Gasteiger partial charge on any atom is 0.422 e. The molecule has 3 nitrogen and oxygen atoms in total. The van der Waals surface area contributed by atoms with Crippen LogP contribution in [0.5, 0.6) is 5.19 Å². The van der Waals surface area contributed by atoms with Crippen molar-refractivity contribution in [1.29, 1.82) is 0 Å². The average molecular weight is 226 g/mol. The number of thiazole rings is 1. The van der Waals surface area contributed by atoms with Crippen molar-refractivity contribution in [3.05, 3.63) is 11.1 Å². The molecule has 80 valence electrons. The summed E-state index contributed by atoms with van der Waals surface area (Å²) in [7, 11) is 0. The minimum Gasteiger partial charge on any atom is -0.460 e. The summed E-state index contributed by atoms with van der Waals surface area (Å²) in [4.78, 5) is 4.35. The molecule has 0 fully saturated rings. The maximum absolute atomic E-state index is 11.7. The van der Waals surface area contributed by atoms with E-state index in [0.29, 0.717) is 4.88 Å². The molecule has 0 aliphatic rings. The van der Waals surface area contributed by atoms with Gasteiger partial charge in [-0.15, -0.1) is 0 Å². The minimum absolute atomic E-state index is 0.00498. The summed E-state index contributed by atoms with van der Waals surface area (Å²) in [5, 5.41) is -0.00498. The van der Waals surface area contributed by atoms with Gasteiger partial charge in [-0.05, 0) is 6.92 Å². The van der Waals surface area contributed by atoms with Gasteiger partial charge >= 0.3 is 6.18 Å². The van der Waals surface area contributed by atoms with Crippen LogP contribution in [-0.4, -0.2) is 17.8 Å². The summed E-state index contributed by atoms with van der Waals surface area (Å²) in [6.45, 7) is 0.403. The molecule has 0 aliphatic carbocycles. The van der Waals surface area contributed by atoms with Crippen LogP contribution in [0.4, 0.5) is 13.2 Å². The molecule has 1 aromatic heterocycles. The molecule has 1 atom stereocenters. The van der Waals surface area contributed by atoms with Crippen molar-refractivity contribution in [3.8, 4) is 5.19 Å². The molecule has 1 rings (SSSR count). The Bertz CT molecular complexity index is 297. The first-order chi connectivity index (χ1) is 6.38. The fourth-order valence-electron chi connectivity index (χ4n) is 0.691. The zero-order valence-electron chi connectivity index (χ0n) is 7.34. The first-order valence-corrected chi connectivity index (χ1v) is 4.61. The van der Waals surface area contributed by atoms with Gasteiger partial charge in [0.25, 0.3) is 5.19 Å². The molecule has 14 heavy (non-hydrogen) atoms. The predicted octanol–water partition coefficient (Wildman–Crippen LogP) is 2.10. The van der Waals surface area contributed by atoms with Crippen LogP contribution in [0, 0.1) is 0 Å². The summed E-state index contributed by atoms with van der Waals surface area (Å²) in [5.41, 5.74) is 5.50. The van der Waals surface area contributed by atoms with Crippen LogP contribution < -0.4 is 10.5 Å². The van der Waals surface area contributed by atoms with E-state index in [1.165, 1.54) is 6.20 Å². The zero-order chi connectivity index (χ0) is 10.8. The van der Waals surface area contributed by atoms with Crippen molar-refractivity contribution in [2.45, 2.75) is 19.1 Å². The number of nitrogens with zero attached hydrogens (tertiary/aromatic N) is 1. The van der Waals surface area contributed by atoms with Crippen LogP contribution in [0.3, 0.4) is 0 Å². The molecule has 0 spiro atoms. The lowest BCUT2D eigenvalue weighted by Crippen LogP contribution is -2.19. The summed E-state index contributed by atoms with van der Waals surface area (Å²) in [6, 6.07) is -0.240. The predicted molar refractivity (Wildman–Crippen MR) is 46.3 cm³/mol. The molecular weight excluding hydrogens is 217 g/mol. The second-order valence-corrected chi connectivity index (χ2v) is 3.75. The molecule has 0 unspecified atom stereocenters. The summed E-state index contributed by atoms with van der Waals surface area (Å²) in [6.07, 6.45) is -2.92. The van der Waals surface area contributed by atoms with Gasteiger partial charge in [0.15, 0.2) is 6.61 Å².